The van der Waals surface area contributed by atoms with Gasteiger partial charge in [0.1, 0.15) is 5.75 Å². The Hall–Kier alpha value is -1.84. The Labute approximate surface area is 119 Å². The zero-order valence-corrected chi connectivity index (χ0v) is 11.5. The lowest BCUT2D eigenvalue weighted by Gasteiger charge is -2.36. The maximum atomic E-state index is 9.60. The standard InChI is InChI=1S/C17H20N2O/c18-11-17-16-7-6-15(20)10-14(16)8-9-19(17)12-13-4-2-1-3-5-13/h1-7,10,17,20H,8-9,11-12,18H2. The lowest BCUT2D eigenvalue weighted by molar-refractivity contribution is 0.180. The summed E-state index contributed by atoms with van der Waals surface area (Å²) in [7, 11) is 0. The lowest BCUT2D eigenvalue weighted by atomic mass is 9.92. The molecule has 2 aromatic carbocycles. The third kappa shape index (κ3) is 2.55. The van der Waals surface area contributed by atoms with Crippen molar-refractivity contribution in [3.8, 4) is 5.75 Å². The van der Waals surface area contributed by atoms with Crippen LogP contribution in [0.4, 0.5) is 0 Å². The van der Waals surface area contributed by atoms with Crippen molar-refractivity contribution >= 4 is 0 Å². The van der Waals surface area contributed by atoms with Crippen molar-refractivity contribution in [2.24, 2.45) is 5.73 Å². The van der Waals surface area contributed by atoms with Crippen molar-refractivity contribution in [1.82, 2.24) is 4.90 Å². The van der Waals surface area contributed by atoms with Crippen LogP contribution in [0.3, 0.4) is 0 Å². The van der Waals surface area contributed by atoms with Gasteiger partial charge < -0.3 is 10.8 Å². The van der Waals surface area contributed by atoms with Gasteiger partial charge in [0.25, 0.3) is 0 Å². The van der Waals surface area contributed by atoms with Gasteiger partial charge in [0, 0.05) is 25.7 Å². The van der Waals surface area contributed by atoms with E-state index in [-0.39, 0.29) is 6.04 Å². The van der Waals surface area contributed by atoms with Crippen molar-refractivity contribution in [2.45, 2.75) is 19.0 Å². The van der Waals surface area contributed by atoms with Crippen LogP contribution in [-0.4, -0.2) is 23.1 Å². The van der Waals surface area contributed by atoms with Gasteiger partial charge >= 0.3 is 0 Å². The molecule has 0 aromatic heterocycles. The first kappa shape index (κ1) is 13.2. The van der Waals surface area contributed by atoms with Crippen LogP contribution in [0.1, 0.15) is 22.7 Å². The molecule has 0 fully saturated rings. The fraction of sp³-hybridized carbons (Fsp3) is 0.294. The summed E-state index contributed by atoms with van der Waals surface area (Å²) in [5, 5.41) is 9.60. The van der Waals surface area contributed by atoms with Gasteiger partial charge in [-0.15, -0.1) is 0 Å². The molecule has 0 amide bonds. The van der Waals surface area contributed by atoms with Crippen LogP contribution in [0.15, 0.2) is 48.5 Å². The topological polar surface area (TPSA) is 49.5 Å². The minimum atomic E-state index is 0.236. The Morgan fingerprint density at radius 1 is 1.15 bits per heavy atom. The summed E-state index contributed by atoms with van der Waals surface area (Å²) in [6.07, 6.45) is 0.965. The van der Waals surface area contributed by atoms with Gasteiger partial charge in [-0.25, -0.2) is 0 Å². The number of nitrogens with zero attached hydrogens (tertiary/aromatic N) is 1. The summed E-state index contributed by atoms with van der Waals surface area (Å²) in [5.74, 6) is 0.344. The fourth-order valence-corrected chi connectivity index (χ4v) is 3.03. The molecule has 104 valence electrons. The molecule has 3 rings (SSSR count). The molecular weight excluding hydrogens is 248 g/mol. The minimum absolute atomic E-state index is 0.236. The molecular formula is C17H20N2O. The Morgan fingerprint density at radius 2 is 1.95 bits per heavy atom. The summed E-state index contributed by atoms with van der Waals surface area (Å²) >= 11 is 0. The summed E-state index contributed by atoms with van der Waals surface area (Å²) < 4.78 is 0. The van der Waals surface area contributed by atoms with E-state index in [0.717, 1.165) is 19.5 Å². The summed E-state index contributed by atoms with van der Waals surface area (Å²) in [4.78, 5) is 2.43. The molecule has 3 heteroatoms. The van der Waals surface area contributed by atoms with Crippen LogP contribution in [0, 0.1) is 0 Å². The molecule has 20 heavy (non-hydrogen) atoms. The Kier molecular flexibility index (Phi) is 3.72. The first-order valence-electron chi connectivity index (χ1n) is 7.08. The van der Waals surface area contributed by atoms with Crippen molar-refractivity contribution in [2.75, 3.05) is 13.1 Å². The second-order valence-electron chi connectivity index (χ2n) is 5.34. The molecule has 1 aliphatic heterocycles. The van der Waals surface area contributed by atoms with E-state index in [2.05, 4.69) is 29.2 Å². The van der Waals surface area contributed by atoms with Crippen molar-refractivity contribution < 1.29 is 5.11 Å². The molecule has 3 N–H and O–H groups in total. The number of fused-ring (bicyclic) bond motifs is 1. The minimum Gasteiger partial charge on any atom is -0.508 e. The van der Waals surface area contributed by atoms with Crippen LogP contribution < -0.4 is 5.73 Å². The number of nitrogens with two attached hydrogens (primary N) is 1. The fourth-order valence-electron chi connectivity index (χ4n) is 3.03. The predicted molar refractivity (Wildman–Crippen MR) is 80.5 cm³/mol. The highest BCUT2D eigenvalue weighted by atomic mass is 16.3. The van der Waals surface area contributed by atoms with Crippen molar-refractivity contribution in [3.05, 3.63) is 65.2 Å². The number of benzene rings is 2. The molecule has 0 radical (unpaired) electrons. The first-order valence-corrected chi connectivity index (χ1v) is 7.08. The average Bonchev–Trinajstić information content (AvgIpc) is 2.48. The predicted octanol–water partition coefficient (Wildman–Crippen LogP) is 2.45. The van der Waals surface area contributed by atoms with Gasteiger partial charge in [0.15, 0.2) is 0 Å². The zero-order valence-electron chi connectivity index (χ0n) is 11.5. The van der Waals surface area contributed by atoms with E-state index in [1.54, 1.807) is 6.07 Å². The zero-order chi connectivity index (χ0) is 13.9. The molecule has 1 aliphatic rings. The summed E-state index contributed by atoms with van der Waals surface area (Å²) in [6, 6.07) is 16.4. The molecule has 0 saturated heterocycles. The summed E-state index contributed by atoms with van der Waals surface area (Å²) in [5.41, 5.74) is 9.79. The maximum Gasteiger partial charge on any atom is 0.115 e. The second-order valence-corrected chi connectivity index (χ2v) is 5.34. The van der Waals surface area contributed by atoms with Gasteiger partial charge in [-0.05, 0) is 35.2 Å². The lowest BCUT2D eigenvalue weighted by Crippen LogP contribution is -2.38. The molecule has 1 heterocycles. The molecule has 1 unspecified atom stereocenters. The highest BCUT2D eigenvalue weighted by molar-refractivity contribution is 5.39. The van der Waals surface area contributed by atoms with Gasteiger partial charge in [-0.2, -0.15) is 0 Å². The largest absolute Gasteiger partial charge is 0.508 e. The van der Waals surface area contributed by atoms with Crippen LogP contribution in [-0.2, 0) is 13.0 Å². The van der Waals surface area contributed by atoms with Crippen molar-refractivity contribution in [3.63, 3.8) is 0 Å². The summed E-state index contributed by atoms with van der Waals surface area (Å²) in [6.45, 7) is 2.50. The number of rotatable bonds is 3. The second kappa shape index (κ2) is 5.65. The number of phenols is 1. The van der Waals surface area contributed by atoms with E-state index in [4.69, 9.17) is 5.73 Å². The Balaban J connectivity index is 1.85. The molecule has 0 saturated carbocycles. The van der Waals surface area contributed by atoms with Gasteiger partial charge in [-0.3, -0.25) is 4.90 Å². The molecule has 1 atom stereocenters. The van der Waals surface area contributed by atoms with Gasteiger partial charge in [0.05, 0.1) is 0 Å². The van der Waals surface area contributed by atoms with E-state index in [9.17, 15) is 5.11 Å². The quantitative estimate of drug-likeness (QED) is 0.899. The molecule has 0 spiro atoms. The van der Waals surface area contributed by atoms with E-state index in [1.165, 1.54) is 16.7 Å². The smallest absolute Gasteiger partial charge is 0.115 e. The van der Waals surface area contributed by atoms with Gasteiger partial charge in [-0.1, -0.05) is 36.4 Å². The SMILES string of the molecule is NCC1c2ccc(O)cc2CCN1Cc1ccccc1. The third-order valence-electron chi connectivity index (χ3n) is 4.05. The number of hydrogen-bond donors (Lipinski definition) is 2. The number of phenolic OH excluding ortho intramolecular Hbond substituents is 1. The molecule has 3 nitrogen and oxygen atoms in total. The van der Waals surface area contributed by atoms with Crippen LogP contribution in [0.25, 0.3) is 0 Å². The molecule has 0 bridgehead atoms. The van der Waals surface area contributed by atoms with Crippen LogP contribution in [0.2, 0.25) is 0 Å². The van der Waals surface area contributed by atoms with Crippen LogP contribution >= 0.6 is 0 Å². The monoisotopic (exact) mass is 268 g/mol. The number of aromatic hydroxyl groups is 1. The highest BCUT2D eigenvalue weighted by Gasteiger charge is 2.26. The Bertz CT molecular complexity index is 583. The average molecular weight is 268 g/mol. The van der Waals surface area contributed by atoms with Gasteiger partial charge in [0.2, 0.25) is 0 Å². The molecule has 2 aromatic rings. The maximum absolute atomic E-state index is 9.60. The van der Waals surface area contributed by atoms with E-state index < -0.39 is 0 Å². The normalized spacial score (nSPS) is 18.8. The Morgan fingerprint density at radius 3 is 2.70 bits per heavy atom. The van der Waals surface area contributed by atoms with Crippen LogP contribution in [0.5, 0.6) is 5.75 Å². The van der Waals surface area contributed by atoms with Crippen molar-refractivity contribution in [1.29, 1.82) is 0 Å². The first-order chi connectivity index (χ1) is 9.78. The highest BCUT2D eigenvalue weighted by Crippen LogP contribution is 2.32. The third-order valence-corrected chi connectivity index (χ3v) is 4.05. The van der Waals surface area contributed by atoms with E-state index in [0.29, 0.717) is 12.3 Å². The number of hydrogen-bond acceptors (Lipinski definition) is 3. The molecule has 0 aliphatic carbocycles. The van der Waals surface area contributed by atoms with E-state index in [1.807, 2.05) is 18.2 Å². The van der Waals surface area contributed by atoms with E-state index >= 15 is 0 Å².